The molecule has 0 aliphatic heterocycles. The Bertz CT molecular complexity index is 490. The summed E-state index contributed by atoms with van der Waals surface area (Å²) in [6.45, 7) is 0. The molecule has 4 aliphatic rings. The minimum Gasteiger partial charge on any atom is -0.282 e. The summed E-state index contributed by atoms with van der Waals surface area (Å²) >= 11 is 4.11. The molecule has 1 nitrogen and oxygen atoms in total. The van der Waals surface area contributed by atoms with Gasteiger partial charge in [0, 0.05) is 5.57 Å². The van der Waals surface area contributed by atoms with Crippen LogP contribution >= 0.6 is 12.6 Å². The molecule has 5 atom stereocenters. The highest BCUT2D eigenvalue weighted by Crippen LogP contribution is 2.56. The van der Waals surface area contributed by atoms with Gasteiger partial charge in [0.25, 0.3) is 0 Å². The van der Waals surface area contributed by atoms with E-state index in [4.69, 9.17) is 0 Å². The van der Waals surface area contributed by atoms with Crippen LogP contribution in [0, 0.1) is 29.6 Å². The van der Waals surface area contributed by atoms with Crippen LogP contribution in [0.4, 0.5) is 0 Å². The normalized spacial score (nSPS) is 43.0. The average Bonchev–Trinajstić information content (AvgIpc) is 2.91. The molecule has 0 bridgehead atoms. The van der Waals surface area contributed by atoms with Gasteiger partial charge in [0.2, 0.25) is 5.12 Å². The highest BCUT2D eigenvalue weighted by Gasteiger charge is 2.46. The van der Waals surface area contributed by atoms with Crippen molar-refractivity contribution in [2.75, 3.05) is 0 Å². The standard InChI is InChI=1S/C18H24OS/c19-18(20)16-10-7-12-6-8-14-13-4-2-1-3-11(13)5-9-15(14)17(12)16/h7,10-15H,1-6,8-9H2,(H,19,20). The molecule has 0 radical (unpaired) electrons. The lowest BCUT2D eigenvalue weighted by atomic mass is 9.55. The molecule has 0 heterocycles. The molecule has 5 unspecified atom stereocenters. The third kappa shape index (κ3) is 1.94. The molecule has 0 N–H and O–H groups in total. The monoisotopic (exact) mass is 288 g/mol. The predicted octanol–water partition coefficient (Wildman–Crippen LogP) is 4.55. The first-order chi connectivity index (χ1) is 9.75. The van der Waals surface area contributed by atoms with Crippen LogP contribution < -0.4 is 0 Å². The number of thiol groups is 1. The molecule has 4 rings (SSSR count). The first kappa shape index (κ1) is 13.2. The third-order valence-electron chi connectivity index (χ3n) is 6.53. The molecular formula is C18H24OS. The maximum Gasteiger partial charge on any atom is 0.216 e. The van der Waals surface area contributed by atoms with Gasteiger partial charge in [0.15, 0.2) is 0 Å². The van der Waals surface area contributed by atoms with Crippen molar-refractivity contribution >= 4 is 17.7 Å². The quantitative estimate of drug-likeness (QED) is 0.700. The van der Waals surface area contributed by atoms with E-state index in [1.807, 2.05) is 0 Å². The number of fused-ring (bicyclic) bond motifs is 5. The van der Waals surface area contributed by atoms with Crippen LogP contribution in [0.3, 0.4) is 0 Å². The Balaban J connectivity index is 1.67. The number of allylic oxidation sites excluding steroid dienone is 3. The van der Waals surface area contributed by atoms with E-state index in [9.17, 15) is 4.79 Å². The van der Waals surface area contributed by atoms with Gasteiger partial charge in [-0.1, -0.05) is 31.4 Å². The molecule has 3 fully saturated rings. The molecule has 108 valence electrons. The maximum absolute atomic E-state index is 11.8. The molecule has 0 spiro atoms. The van der Waals surface area contributed by atoms with E-state index in [-0.39, 0.29) is 5.12 Å². The molecule has 3 saturated carbocycles. The highest BCUT2D eigenvalue weighted by molar-refractivity contribution is 7.97. The van der Waals surface area contributed by atoms with Crippen LogP contribution in [0.1, 0.15) is 51.4 Å². The zero-order valence-electron chi connectivity index (χ0n) is 12.1. The van der Waals surface area contributed by atoms with Crippen LogP contribution in [0.2, 0.25) is 0 Å². The molecule has 20 heavy (non-hydrogen) atoms. The Labute approximate surface area is 127 Å². The van der Waals surface area contributed by atoms with Crippen molar-refractivity contribution < 1.29 is 4.79 Å². The molecule has 0 aromatic heterocycles. The van der Waals surface area contributed by atoms with Crippen LogP contribution in [0.5, 0.6) is 0 Å². The summed E-state index contributed by atoms with van der Waals surface area (Å²) < 4.78 is 0. The summed E-state index contributed by atoms with van der Waals surface area (Å²) in [7, 11) is 0. The summed E-state index contributed by atoms with van der Waals surface area (Å²) in [6.07, 6.45) is 15.5. The van der Waals surface area contributed by atoms with Crippen molar-refractivity contribution in [3.8, 4) is 0 Å². The molecule has 4 aliphatic carbocycles. The fourth-order valence-electron chi connectivity index (χ4n) is 5.77. The summed E-state index contributed by atoms with van der Waals surface area (Å²) in [5, 5.41) is -0.00910. The van der Waals surface area contributed by atoms with Crippen LogP contribution in [-0.2, 0) is 4.79 Å². The summed E-state index contributed by atoms with van der Waals surface area (Å²) in [6, 6.07) is 0. The third-order valence-corrected chi connectivity index (χ3v) is 6.77. The smallest absolute Gasteiger partial charge is 0.216 e. The van der Waals surface area contributed by atoms with Crippen LogP contribution in [0.25, 0.3) is 0 Å². The summed E-state index contributed by atoms with van der Waals surface area (Å²) in [5.41, 5.74) is 2.42. The van der Waals surface area contributed by atoms with Gasteiger partial charge in [-0.05, 0) is 67.3 Å². The number of hydrogen-bond acceptors (Lipinski definition) is 1. The van der Waals surface area contributed by atoms with Crippen molar-refractivity contribution in [2.45, 2.75) is 51.4 Å². The minimum absolute atomic E-state index is 0.00910. The molecule has 0 aromatic rings. The Kier molecular flexibility index (Phi) is 3.33. The summed E-state index contributed by atoms with van der Waals surface area (Å²) in [5.74, 6) is 4.05. The lowest BCUT2D eigenvalue weighted by Gasteiger charge is -2.50. The molecular weight excluding hydrogens is 264 g/mol. The first-order valence-electron chi connectivity index (χ1n) is 8.41. The fourth-order valence-corrected chi connectivity index (χ4v) is 5.97. The van der Waals surface area contributed by atoms with Crippen molar-refractivity contribution in [2.24, 2.45) is 29.6 Å². The number of carbonyl (C=O) groups is 1. The second-order valence-corrected chi connectivity index (χ2v) is 7.68. The van der Waals surface area contributed by atoms with E-state index >= 15 is 0 Å². The molecule has 0 saturated heterocycles. The Morgan fingerprint density at radius 1 is 1.00 bits per heavy atom. The second-order valence-electron chi connectivity index (χ2n) is 7.27. The van der Waals surface area contributed by atoms with E-state index in [2.05, 4.69) is 24.8 Å². The van der Waals surface area contributed by atoms with Gasteiger partial charge in [-0.2, -0.15) is 0 Å². The number of carbonyl (C=O) groups excluding carboxylic acids is 1. The van der Waals surface area contributed by atoms with E-state index in [1.165, 1.54) is 56.9 Å². The van der Waals surface area contributed by atoms with E-state index in [1.54, 1.807) is 0 Å². The van der Waals surface area contributed by atoms with Gasteiger partial charge in [-0.25, -0.2) is 0 Å². The number of rotatable bonds is 1. The van der Waals surface area contributed by atoms with Crippen LogP contribution in [-0.4, -0.2) is 5.12 Å². The SMILES string of the molecule is O=C(S)C1=C2C(C=C1)CCC1C2CCC2CCCCC21. The lowest BCUT2D eigenvalue weighted by Crippen LogP contribution is -2.41. The minimum atomic E-state index is -0.00910. The zero-order chi connectivity index (χ0) is 13.7. The van der Waals surface area contributed by atoms with Gasteiger partial charge >= 0.3 is 0 Å². The number of hydrogen-bond donors (Lipinski definition) is 1. The lowest BCUT2D eigenvalue weighted by molar-refractivity contribution is -0.107. The Morgan fingerprint density at radius 3 is 2.70 bits per heavy atom. The topological polar surface area (TPSA) is 17.1 Å². The van der Waals surface area contributed by atoms with E-state index < -0.39 is 0 Å². The van der Waals surface area contributed by atoms with Crippen molar-refractivity contribution in [1.82, 2.24) is 0 Å². The fraction of sp³-hybridized carbons (Fsp3) is 0.722. The molecule has 0 aromatic carbocycles. The average molecular weight is 288 g/mol. The molecule has 0 amide bonds. The van der Waals surface area contributed by atoms with Gasteiger partial charge < -0.3 is 0 Å². The van der Waals surface area contributed by atoms with Gasteiger partial charge in [-0.3, -0.25) is 4.79 Å². The van der Waals surface area contributed by atoms with Crippen molar-refractivity contribution in [3.63, 3.8) is 0 Å². The molecule has 2 heteroatoms. The second kappa shape index (κ2) is 5.05. The van der Waals surface area contributed by atoms with E-state index in [0.29, 0.717) is 11.8 Å². The van der Waals surface area contributed by atoms with Crippen molar-refractivity contribution in [1.29, 1.82) is 0 Å². The summed E-state index contributed by atoms with van der Waals surface area (Å²) in [4.78, 5) is 11.8. The van der Waals surface area contributed by atoms with E-state index in [0.717, 1.165) is 23.3 Å². The first-order valence-corrected chi connectivity index (χ1v) is 8.86. The van der Waals surface area contributed by atoms with Crippen molar-refractivity contribution in [3.05, 3.63) is 23.3 Å². The maximum atomic E-state index is 11.8. The van der Waals surface area contributed by atoms with Gasteiger partial charge in [0.1, 0.15) is 0 Å². The Morgan fingerprint density at radius 2 is 1.85 bits per heavy atom. The zero-order valence-corrected chi connectivity index (χ0v) is 12.9. The Hall–Kier alpha value is -0.500. The predicted molar refractivity (Wildman–Crippen MR) is 84.5 cm³/mol. The van der Waals surface area contributed by atoms with Gasteiger partial charge in [-0.15, -0.1) is 12.6 Å². The van der Waals surface area contributed by atoms with Crippen LogP contribution in [0.15, 0.2) is 23.3 Å². The van der Waals surface area contributed by atoms with Gasteiger partial charge in [0.05, 0.1) is 0 Å². The highest BCUT2D eigenvalue weighted by atomic mass is 32.1. The largest absolute Gasteiger partial charge is 0.282 e.